The molecule has 0 aromatic rings. The van der Waals surface area contributed by atoms with Gasteiger partial charge >= 0.3 is 0 Å². The van der Waals surface area contributed by atoms with Gasteiger partial charge in [0.2, 0.25) is 5.91 Å². The number of hydrogen-bond donors (Lipinski definition) is 3. The maximum absolute atomic E-state index is 12.5. The largest absolute Gasteiger partial charge is 0.387 e. The van der Waals surface area contributed by atoms with E-state index in [1.165, 1.54) is 122 Å². The molecule has 0 aliphatic heterocycles. The molecule has 0 bridgehead atoms. The Labute approximate surface area is 297 Å². The van der Waals surface area contributed by atoms with Crippen LogP contribution in [0.2, 0.25) is 0 Å². The number of aliphatic hydroxyl groups excluding tert-OH is 1. The number of aliphatic hydroxyl groups is 1. The molecule has 3 N–H and O–H groups in total. The number of carbonyl (C=O) groups excluding carboxylic acids is 1. The van der Waals surface area contributed by atoms with Crippen LogP contribution in [0, 0.1) is 0 Å². The summed E-state index contributed by atoms with van der Waals surface area (Å²) >= 11 is 0. The van der Waals surface area contributed by atoms with Crippen molar-refractivity contribution in [3.8, 4) is 0 Å². The molecule has 0 aliphatic rings. The van der Waals surface area contributed by atoms with Gasteiger partial charge in [0.15, 0.2) is 0 Å². The van der Waals surface area contributed by atoms with Crippen molar-refractivity contribution in [1.29, 1.82) is 0 Å². The maximum Gasteiger partial charge on any atom is 0.267 e. The van der Waals surface area contributed by atoms with Crippen LogP contribution >= 0.6 is 0 Å². The minimum absolute atomic E-state index is 0.286. The monoisotopic (exact) mass is 696 g/mol. The molecule has 0 radical (unpaired) electrons. The lowest BCUT2D eigenvalue weighted by Gasteiger charge is -2.21. The van der Waals surface area contributed by atoms with E-state index in [1.54, 1.807) is 6.08 Å². The molecule has 0 aromatic heterocycles. The summed E-state index contributed by atoms with van der Waals surface area (Å²) in [5, 5.41) is 13.2. The summed E-state index contributed by atoms with van der Waals surface area (Å²) in [6.07, 6.45) is 45.5. The molecule has 0 aromatic carbocycles. The van der Waals surface area contributed by atoms with Crippen molar-refractivity contribution in [3.63, 3.8) is 0 Å². The van der Waals surface area contributed by atoms with Gasteiger partial charge in [0.05, 0.1) is 17.9 Å². The highest BCUT2D eigenvalue weighted by molar-refractivity contribution is 7.85. The first-order chi connectivity index (χ1) is 23.3. The first-order valence-electron chi connectivity index (χ1n) is 20.2. The van der Waals surface area contributed by atoms with Gasteiger partial charge in [-0.25, -0.2) is 0 Å². The van der Waals surface area contributed by atoms with Crippen molar-refractivity contribution < 1.29 is 22.9 Å². The van der Waals surface area contributed by atoms with E-state index < -0.39 is 28.0 Å². The number of unbranched alkanes of at least 4 members (excludes halogenated alkanes) is 24. The fourth-order valence-electron chi connectivity index (χ4n) is 6.01. The summed E-state index contributed by atoms with van der Waals surface area (Å²) in [5.74, 6) is -0.987. The second-order valence-electron chi connectivity index (χ2n) is 13.9. The molecule has 2 atom stereocenters. The number of carbonyl (C=O) groups is 1. The average molecular weight is 696 g/mol. The average Bonchev–Trinajstić information content (AvgIpc) is 3.05. The molecule has 0 saturated heterocycles. The van der Waals surface area contributed by atoms with Crippen molar-refractivity contribution in [1.82, 2.24) is 5.32 Å². The lowest BCUT2D eigenvalue weighted by Crippen LogP contribution is -2.46. The van der Waals surface area contributed by atoms with Gasteiger partial charge in [-0.3, -0.25) is 9.35 Å². The van der Waals surface area contributed by atoms with Crippen LogP contribution in [0.1, 0.15) is 200 Å². The standard InChI is InChI=1S/C41H77NO5S/c1-3-5-7-9-11-13-15-17-19-21-23-25-27-29-31-33-35-37-41(44)42-39(38-48(45,46)47)40(43)36-34-32-30-28-26-24-22-20-18-16-14-12-10-8-6-4-2/h11,13,17,19,34,36,39-40,43H,3-10,12,14-16,18,20-33,35,37-38H2,1-2H3,(H,42,44)(H,45,46,47)/b13-11-,19-17-,36-34+. The van der Waals surface area contributed by atoms with Crippen LogP contribution in [0.4, 0.5) is 0 Å². The van der Waals surface area contributed by atoms with E-state index >= 15 is 0 Å². The number of amides is 1. The van der Waals surface area contributed by atoms with E-state index in [4.69, 9.17) is 0 Å². The minimum Gasteiger partial charge on any atom is -0.387 e. The predicted molar refractivity (Wildman–Crippen MR) is 207 cm³/mol. The van der Waals surface area contributed by atoms with Crippen LogP contribution in [0.25, 0.3) is 0 Å². The zero-order chi connectivity index (χ0) is 35.4. The molecule has 6 nitrogen and oxygen atoms in total. The molecule has 0 heterocycles. The Morgan fingerprint density at radius 2 is 0.938 bits per heavy atom. The van der Waals surface area contributed by atoms with E-state index in [9.17, 15) is 22.9 Å². The zero-order valence-corrected chi connectivity index (χ0v) is 32.2. The summed E-state index contributed by atoms with van der Waals surface area (Å²) in [4.78, 5) is 12.5. The minimum atomic E-state index is -4.34. The molecule has 0 aliphatic carbocycles. The lowest BCUT2D eigenvalue weighted by molar-refractivity contribution is -0.122. The van der Waals surface area contributed by atoms with Crippen molar-refractivity contribution in [2.75, 3.05) is 5.75 Å². The molecular weight excluding hydrogens is 619 g/mol. The van der Waals surface area contributed by atoms with E-state index in [2.05, 4.69) is 43.5 Å². The van der Waals surface area contributed by atoms with E-state index in [0.29, 0.717) is 0 Å². The summed E-state index contributed by atoms with van der Waals surface area (Å²) in [5.41, 5.74) is 0. The molecule has 48 heavy (non-hydrogen) atoms. The van der Waals surface area contributed by atoms with Gasteiger partial charge < -0.3 is 10.4 Å². The Morgan fingerprint density at radius 1 is 0.562 bits per heavy atom. The molecule has 282 valence electrons. The third-order valence-corrected chi connectivity index (χ3v) is 9.84. The van der Waals surface area contributed by atoms with Crippen molar-refractivity contribution >= 4 is 16.0 Å². The van der Waals surface area contributed by atoms with Crippen LogP contribution in [-0.4, -0.2) is 41.9 Å². The number of allylic oxidation sites excluding steroid dienone is 5. The lowest BCUT2D eigenvalue weighted by atomic mass is 10.0. The summed E-state index contributed by atoms with van der Waals surface area (Å²) in [7, 11) is -4.34. The fourth-order valence-corrected chi connectivity index (χ4v) is 6.74. The summed E-state index contributed by atoms with van der Waals surface area (Å²) in [6.45, 7) is 4.49. The van der Waals surface area contributed by atoms with Crippen LogP contribution in [0.5, 0.6) is 0 Å². The fraction of sp³-hybridized carbons (Fsp3) is 0.829. The predicted octanol–water partition coefficient (Wildman–Crippen LogP) is 11.7. The highest BCUT2D eigenvalue weighted by Crippen LogP contribution is 2.14. The zero-order valence-electron chi connectivity index (χ0n) is 31.4. The second-order valence-corrected chi connectivity index (χ2v) is 15.4. The number of nitrogens with one attached hydrogen (secondary N) is 1. The summed E-state index contributed by atoms with van der Waals surface area (Å²) in [6, 6.07) is -1.06. The van der Waals surface area contributed by atoms with Crippen molar-refractivity contribution in [3.05, 3.63) is 36.5 Å². The highest BCUT2D eigenvalue weighted by Gasteiger charge is 2.24. The summed E-state index contributed by atoms with van der Waals surface area (Å²) < 4.78 is 32.5. The van der Waals surface area contributed by atoms with Crippen LogP contribution in [-0.2, 0) is 14.9 Å². The van der Waals surface area contributed by atoms with Crippen molar-refractivity contribution in [2.45, 2.75) is 212 Å². The topological polar surface area (TPSA) is 104 Å². The van der Waals surface area contributed by atoms with E-state index in [-0.39, 0.29) is 12.3 Å². The Balaban J connectivity index is 3.95. The molecule has 0 saturated carbocycles. The third kappa shape index (κ3) is 35.9. The van der Waals surface area contributed by atoms with Crippen LogP contribution < -0.4 is 5.32 Å². The van der Waals surface area contributed by atoms with Gasteiger partial charge in [-0.1, -0.05) is 179 Å². The van der Waals surface area contributed by atoms with Crippen LogP contribution in [0.15, 0.2) is 36.5 Å². The molecule has 0 fully saturated rings. The molecule has 0 spiro atoms. The van der Waals surface area contributed by atoms with Gasteiger partial charge in [-0.15, -0.1) is 0 Å². The Morgan fingerprint density at radius 3 is 1.40 bits per heavy atom. The molecular formula is C41H77NO5S. The second kappa shape index (κ2) is 35.4. The normalized spacial score (nSPS) is 13.7. The SMILES string of the molecule is CCCCC/C=C\C/C=C\CCCCCCCCCC(=O)NC(CS(=O)(=O)O)C(O)/C=C/CCCCCCCCCCCCCCCC. The number of hydrogen-bond acceptors (Lipinski definition) is 4. The quantitative estimate of drug-likeness (QED) is 0.0344. The number of rotatable bonds is 36. The Kier molecular flexibility index (Phi) is 34.3. The Hall–Kier alpha value is -1.44. The third-order valence-electron chi connectivity index (χ3n) is 9.06. The highest BCUT2D eigenvalue weighted by atomic mass is 32.2. The van der Waals surface area contributed by atoms with Gasteiger partial charge in [0, 0.05) is 6.42 Å². The van der Waals surface area contributed by atoms with Gasteiger partial charge in [0.25, 0.3) is 10.1 Å². The first kappa shape index (κ1) is 46.6. The molecule has 0 rings (SSSR count). The first-order valence-corrected chi connectivity index (χ1v) is 21.8. The Bertz CT molecular complexity index is 899. The molecule has 7 heteroatoms. The van der Waals surface area contributed by atoms with Gasteiger partial charge in [0.1, 0.15) is 0 Å². The molecule has 1 amide bonds. The van der Waals surface area contributed by atoms with E-state index in [1.807, 2.05) is 6.08 Å². The van der Waals surface area contributed by atoms with Crippen LogP contribution in [0.3, 0.4) is 0 Å². The van der Waals surface area contributed by atoms with E-state index in [0.717, 1.165) is 57.8 Å². The molecule has 2 unspecified atom stereocenters. The maximum atomic E-state index is 12.5. The van der Waals surface area contributed by atoms with Gasteiger partial charge in [-0.05, 0) is 51.4 Å². The van der Waals surface area contributed by atoms with Gasteiger partial charge in [-0.2, -0.15) is 8.42 Å². The smallest absolute Gasteiger partial charge is 0.267 e. The van der Waals surface area contributed by atoms with Crippen molar-refractivity contribution in [2.24, 2.45) is 0 Å².